The summed E-state index contributed by atoms with van der Waals surface area (Å²) in [4.78, 5) is 35.2. The zero-order valence-corrected chi connectivity index (χ0v) is 9.40. The van der Waals surface area contributed by atoms with Crippen LogP contribution in [-0.4, -0.2) is 28.5 Å². The number of pyridine rings is 1. The Morgan fingerprint density at radius 2 is 2.18 bits per heavy atom. The normalized spacial score (nSPS) is 11.8. The lowest BCUT2D eigenvalue weighted by molar-refractivity contribution is -0.141. The summed E-state index contributed by atoms with van der Waals surface area (Å²) in [5.74, 6) is -1.71. The van der Waals surface area contributed by atoms with Crippen LogP contribution in [0.4, 0.5) is 0 Å². The van der Waals surface area contributed by atoms with Gasteiger partial charge in [-0.2, -0.15) is 0 Å². The Bertz CT molecular complexity index is 446. The van der Waals surface area contributed by atoms with Crippen LogP contribution in [0, 0.1) is 5.92 Å². The highest BCUT2D eigenvalue weighted by molar-refractivity contribution is 5.93. The lowest BCUT2D eigenvalue weighted by atomic mass is 10.1. The van der Waals surface area contributed by atoms with Crippen LogP contribution in [0.3, 0.4) is 0 Å². The van der Waals surface area contributed by atoms with E-state index in [0.29, 0.717) is 12.0 Å². The standard InChI is InChI=1S/C11H14N2O4/c1-7(11(16)17)4-5-12-10(15)8-2-3-9(14)13-6-8/h2-3,6-7H,4-5H2,1H3,(H,12,15)(H,13,14)(H,16,17). The zero-order chi connectivity index (χ0) is 12.8. The Morgan fingerprint density at radius 1 is 1.47 bits per heavy atom. The maximum atomic E-state index is 11.5. The molecule has 0 aliphatic heterocycles. The SMILES string of the molecule is CC(CCNC(=O)c1ccc(=O)[nH]c1)C(=O)O. The molecular formula is C11H14N2O4. The molecule has 1 aromatic heterocycles. The van der Waals surface area contributed by atoms with E-state index in [9.17, 15) is 14.4 Å². The molecule has 1 heterocycles. The van der Waals surface area contributed by atoms with Gasteiger partial charge in [-0.1, -0.05) is 6.92 Å². The second-order valence-electron chi connectivity index (χ2n) is 3.73. The third kappa shape index (κ3) is 4.10. The molecule has 1 rings (SSSR count). The minimum absolute atomic E-state index is 0.277. The van der Waals surface area contributed by atoms with Crippen molar-refractivity contribution in [1.29, 1.82) is 0 Å². The fourth-order valence-electron chi connectivity index (χ4n) is 1.18. The first-order valence-electron chi connectivity index (χ1n) is 5.20. The Balaban J connectivity index is 2.43. The molecule has 0 saturated carbocycles. The van der Waals surface area contributed by atoms with Crippen LogP contribution < -0.4 is 10.9 Å². The van der Waals surface area contributed by atoms with Crippen LogP contribution in [0.15, 0.2) is 23.1 Å². The first-order valence-corrected chi connectivity index (χ1v) is 5.20. The first kappa shape index (κ1) is 13.0. The van der Waals surface area contributed by atoms with E-state index in [1.54, 1.807) is 6.92 Å². The summed E-state index contributed by atoms with van der Waals surface area (Å²) in [5, 5.41) is 11.2. The van der Waals surface area contributed by atoms with E-state index in [4.69, 9.17) is 5.11 Å². The van der Waals surface area contributed by atoms with Gasteiger partial charge in [0, 0.05) is 18.8 Å². The van der Waals surface area contributed by atoms with Crippen LogP contribution in [0.2, 0.25) is 0 Å². The number of amides is 1. The van der Waals surface area contributed by atoms with E-state index >= 15 is 0 Å². The molecule has 0 radical (unpaired) electrons. The van der Waals surface area contributed by atoms with Crippen LogP contribution in [0.25, 0.3) is 0 Å². The van der Waals surface area contributed by atoms with E-state index in [0.717, 1.165) is 0 Å². The lowest BCUT2D eigenvalue weighted by Gasteiger charge is -2.07. The first-order chi connectivity index (χ1) is 8.00. The molecule has 1 unspecified atom stereocenters. The van der Waals surface area contributed by atoms with Gasteiger partial charge in [-0.3, -0.25) is 14.4 Å². The van der Waals surface area contributed by atoms with Gasteiger partial charge in [-0.05, 0) is 12.5 Å². The molecule has 3 N–H and O–H groups in total. The third-order valence-electron chi connectivity index (χ3n) is 2.33. The van der Waals surface area contributed by atoms with Crippen molar-refractivity contribution in [2.75, 3.05) is 6.54 Å². The second-order valence-corrected chi connectivity index (χ2v) is 3.73. The van der Waals surface area contributed by atoms with Gasteiger partial charge in [-0.15, -0.1) is 0 Å². The molecule has 0 saturated heterocycles. The van der Waals surface area contributed by atoms with Crippen LogP contribution in [0.5, 0.6) is 0 Å². The number of H-pyrrole nitrogens is 1. The minimum Gasteiger partial charge on any atom is -0.481 e. The van der Waals surface area contributed by atoms with Gasteiger partial charge in [-0.25, -0.2) is 0 Å². The molecular weight excluding hydrogens is 224 g/mol. The highest BCUT2D eigenvalue weighted by atomic mass is 16.4. The molecule has 1 aromatic rings. The predicted molar refractivity (Wildman–Crippen MR) is 60.8 cm³/mol. The van der Waals surface area contributed by atoms with Gasteiger partial charge in [0.05, 0.1) is 11.5 Å². The number of nitrogens with one attached hydrogen (secondary N) is 2. The summed E-state index contributed by atoms with van der Waals surface area (Å²) >= 11 is 0. The summed E-state index contributed by atoms with van der Waals surface area (Å²) in [6, 6.07) is 2.67. The molecule has 1 atom stereocenters. The number of hydrogen-bond acceptors (Lipinski definition) is 3. The summed E-state index contributed by atoms with van der Waals surface area (Å²) < 4.78 is 0. The maximum Gasteiger partial charge on any atom is 0.306 e. The van der Waals surface area contributed by atoms with Crippen LogP contribution in [-0.2, 0) is 4.79 Å². The van der Waals surface area contributed by atoms with E-state index in [1.165, 1.54) is 18.3 Å². The number of aromatic nitrogens is 1. The van der Waals surface area contributed by atoms with E-state index in [1.807, 2.05) is 0 Å². The molecule has 6 nitrogen and oxygen atoms in total. The number of carboxylic acid groups (broad SMARTS) is 1. The fraction of sp³-hybridized carbons (Fsp3) is 0.364. The summed E-state index contributed by atoms with van der Waals surface area (Å²) in [7, 11) is 0. The summed E-state index contributed by atoms with van der Waals surface area (Å²) in [5.41, 5.74) is 0.0635. The number of rotatable bonds is 5. The van der Waals surface area contributed by atoms with Crippen molar-refractivity contribution in [3.63, 3.8) is 0 Å². The molecule has 0 fully saturated rings. The lowest BCUT2D eigenvalue weighted by Crippen LogP contribution is -2.27. The van der Waals surface area contributed by atoms with Crippen LogP contribution >= 0.6 is 0 Å². The van der Waals surface area contributed by atoms with Crippen molar-refractivity contribution in [1.82, 2.24) is 10.3 Å². The van der Waals surface area contributed by atoms with Gasteiger partial charge in [0.1, 0.15) is 0 Å². The average molecular weight is 238 g/mol. The average Bonchev–Trinajstić information content (AvgIpc) is 2.29. The third-order valence-corrected chi connectivity index (χ3v) is 2.33. The number of carboxylic acids is 1. The van der Waals surface area contributed by atoms with Crippen molar-refractivity contribution >= 4 is 11.9 Å². The smallest absolute Gasteiger partial charge is 0.306 e. The van der Waals surface area contributed by atoms with Crippen molar-refractivity contribution in [2.24, 2.45) is 5.92 Å². The highest BCUT2D eigenvalue weighted by Gasteiger charge is 2.11. The fourth-order valence-corrected chi connectivity index (χ4v) is 1.18. The minimum atomic E-state index is -0.886. The maximum absolute atomic E-state index is 11.5. The predicted octanol–water partition coefficient (Wildman–Crippen LogP) is 0.215. The highest BCUT2D eigenvalue weighted by Crippen LogP contribution is 2.00. The molecule has 0 bridgehead atoms. The van der Waals surface area contributed by atoms with Gasteiger partial charge in [0.15, 0.2) is 0 Å². The number of hydrogen-bond donors (Lipinski definition) is 3. The van der Waals surface area contributed by atoms with Gasteiger partial charge < -0.3 is 15.4 Å². The molecule has 0 aromatic carbocycles. The Kier molecular flexibility index (Phi) is 4.45. The van der Waals surface area contributed by atoms with E-state index in [-0.39, 0.29) is 18.0 Å². The molecule has 17 heavy (non-hydrogen) atoms. The summed E-state index contributed by atoms with van der Waals surface area (Å²) in [6.45, 7) is 1.86. The Morgan fingerprint density at radius 3 is 2.71 bits per heavy atom. The number of aromatic amines is 1. The van der Waals surface area contributed by atoms with Crippen molar-refractivity contribution in [3.05, 3.63) is 34.2 Å². The summed E-state index contributed by atoms with van der Waals surface area (Å²) in [6.07, 6.45) is 1.68. The zero-order valence-electron chi connectivity index (χ0n) is 9.40. The largest absolute Gasteiger partial charge is 0.481 e. The van der Waals surface area contributed by atoms with Crippen molar-refractivity contribution < 1.29 is 14.7 Å². The van der Waals surface area contributed by atoms with Gasteiger partial charge in [0.2, 0.25) is 5.56 Å². The van der Waals surface area contributed by atoms with Gasteiger partial charge >= 0.3 is 5.97 Å². The molecule has 0 spiro atoms. The van der Waals surface area contributed by atoms with E-state index < -0.39 is 11.9 Å². The van der Waals surface area contributed by atoms with Crippen molar-refractivity contribution in [3.8, 4) is 0 Å². The monoisotopic (exact) mass is 238 g/mol. The quantitative estimate of drug-likeness (QED) is 0.683. The molecule has 0 aliphatic carbocycles. The van der Waals surface area contributed by atoms with Gasteiger partial charge in [0.25, 0.3) is 5.91 Å². The number of aliphatic carboxylic acids is 1. The van der Waals surface area contributed by atoms with Crippen molar-refractivity contribution in [2.45, 2.75) is 13.3 Å². The molecule has 0 aliphatic rings. The Labute approximate surface area is 97.7 Å². The Hall–Kier alpha value is -2.11. The van der Waals surface area contributed by atoms with E-state index in [2.05, 4.69) is 10.3 Å². The molecule has 1 amide bonds. The second kappa shape index (κ2) is 5.83. The number of carbonyl (C=O) groups is 2. The molecule has 6 heteroatoms. The number of carbonyl (C=O) groups excluding carboxylic acids is 1. The molecule has 92 valence electrons. The topological polar surface area (TPSA) is 99.3 Å². The van der Waals surface area contributed by atoms with Crippen LogP contribution in [0.1, 0.15) is 23.7 Å².